The van der Waals surface area contributed by atoms with Crippen molar-refractivity contribution in [2.24, 2.45) is 5.92 Å². The smallest absolute Gasteiger partial charge is 0.240 e. The number of nitrogens with one attached hydrogen (secondary N) is 1. The number of likely N-dealkylation sites (tertiary alicyclic amines) is 1. The topological polar surface area (TPSA) is 52.6 Å². The summed E-state index contributed by atoms with van der Waals surface area (Å²) in [7, 11) is 0. The van der Waals surface area contributed by atoms with E-state index in [1.165, 1.54) is 0 Å². The van der Waals surface area contributed by atoms with E-state index in [1.54, 1.807) is 0 Å². The lowest BCUT2D eigenvalue weighted by Crippen LogP contribution is -2.57. The Kier molecular flexibility index (Phi) is 3.73. The van der Waals surface area contributed by atoms with Crippen molar-refractivity contribution in [2.45, 2.75) is 51.2 Å². The Balaban J connectivity index is 1.99. The second-order valence-electron chi connectivity index (χ2n) is 5.91. The molecule has 3 unspecified atom stereocenters. The van der Waals surface area contributed by atoms with Crippen LogP contribution in [0.4, 0.5) is 0 Å². The summed E-state index contributed by atoms with van der Waals surface area (Å²) in [6.45, 7) is 6.17. The highest BCUT2D eigenvalue weighted by Gasteiger charge is 2.36. The van der Waals surface area contributed by atoms with Gasteiger partial charge in [0.25, 0.3) is 0 Å². The zero-order chi connectivity index (χ0) is 12.5. The molecule has 2 N–H and O–H groups in total. The Morgan fingerprint density at radius 2 is 2.24 bits per heavy atom. The number of carbonyl (C=O) groups excluding carboxylic acids is 1. The van der Waals surface area contributed by atoms with Gasteiger partial charge in [0.1, 0.15) is 0 Å². The Morgan fingerprint density at radius 1 is 1.47 bits per heavy atom. The molecule has 2 fully saturated rings. The van der Waals surface area contributed by atoms with Crippen molar-refractivity contribution in [3.8, 4) is 0 Å². The highest BCUT2D eigenvalue weighted by Crippen LogP contribution is 2.23. The van der Waals surface area contributed by atoms with E-state index in [4.69, 9.17) is 0 Å². The predicted molar refractivity (Wildman–Crippen MR) is 66.6 cm³/mol. The number of amides is 1. The van der Waals surface area contributed by atoms with E-state index in [0.29, 0.717) is 12.5 Å². The molecule has 0 aliphatic carbocycles. The lowest BCUT2D eigenvalue weighted by Gasteiger charge is -2.40. The average Bonchev–Trinajstić information content (AvgIpc) is 2.27. The molecule has 0 spiro atoms. The van der Waals surface area contributed by atoms with E-state index in [2.05, 4.69) is 12.2 Å². The van der Waals surface area contributed by atoms with Crippen LogP contribution in [0.25, 0.3) is 0 Å². The van der Waals surface area contributed by atoms with Crippen molar-refractivity contribution in [2.75, 3.05) is 19.6 Å². The van der Waals surface area contributed by atoms with E-state index < -0.39 is 5.60 Å². The zero-order valence-electron chi connectivity index (χ0n) is 10.9. The second kappa shape index (κ2) is 4.94. The summed E-state index contributed by atoms with van der Waals surface area (Å²) in [5, 5.41) is 13.4. The van der Waals surface area contributed by atoms with Gasteiger partial charge in [-0.2, -0.15) is 0 Å². The van der Waals surface area contributed by atoms with Crippen LogP contribution in [0.2, 0.25) is 0 Å². The number of β-amino-alcohol motifs (C(OH)–C–C–N with tert-alkyl or cyclic N) is 1. The van der Waals surface area contributed by atoms with Crippen LogP contribution in [-0.4, -0.2) is 47.2 Å². The molecule has 0 bridgehead atoms. The third-order valence-electron chi connectivity index (χ3n) is 4.02. The van der Waals surface area contributed by atoms with Gasteiger partial charge in [0.05, 0.1) is 11.6 Å². The van der Waals surface area contributed by atoms with Crippen molar-refractivity contribution >= 4 is 5.91 Å². The SMILES string of the molecule is CC1CCCNC1C(=O)N1CCCC(C)(O)C1. The summed E-state index contributed by atoms with van der Waals surface area (Å²) in [6.07, 6.45) is 3.97. The standard InChI is InChI=1S/C13H24N2O2/c1-10-5-3-7-14-11(10)12(16)15-8-4-6-13(2,17)9-15/h10-11,14,17H,3-9H2,1-2H3. The fourth-order valence-corrected chi connectivity index (χ4v) is 2.99. The first-order valence-electron chi connectivity index (χ1n) is 6.74. The van der Waals surface area contributed by atoms with Crippen LogP contribution in [0, 0.1) is 5.92 Å². The molecule has 2 heterocycles. The van der Waals surface area contributed by atoms with Gasteiger partial charge in [-0.3, -0.25) is 4.79 Å². The minimum absolute atomic E-state index is 0.0438. The summed E-state index contributed by atoms with van der Waals surface area (Å²) >= 11 is 0. The molecule has 4 nitrogen and oxygen atoms in total. The number of rotatable bonds is 1. The predicted octanol–water partition coefficient (Wildman–Crippen LogP) is 0.748. The van der Waals surface area contributed by atoms with Crippen LogP contribution < -0.4 is 5.32 Å². The van der Waals surface area contributed by atoms with Crippen LogP contribution >= 0.6 is 0 Å². The molecule has 4 heteroatoms. The fraction of sp³-hybridized carbons (Fsp3) is 0.923. The molecule has 0 radical (unpaired) electrons. The van der Waals surface area contributed by atoms with Crippen molar-refractivity contribution in [1.82, 2.24) is 10.2 Å². The van der Waals surface area contributed by atoms with Gasteiger partial charge in [0.15, 0.2) is 0 Å². The van der Waals surface area contributed by atoms with E-state index in [0.717, 1.165) is 38.8 Å². The maximum absolute atomic E-state index is 12.4. The number of aliphatic hydroxyl groups is 1. The molecular weight excluding hydrogens is 216 g/mol. The largest absolute Gasteiger partial charge is 0.388 e. The zero-order valence-corrected chi connectivity index (χ0v) is 10.9. The summed E-state index contributed by atoms with van der Waals surface area (Å²) < 4.78 is 0. The third kappa shape index (κ3) is 2.99. The molecule has 2 saturated heterocycles. The molecule has 98 valence electrons. The highest BCUT2D eigenvalue weighted by atomic mass is 16.3. The summed E-state index contributed by atoms with van der Waals surface area (Å²) in [5.74, 6) is 0.584. The van der Waals surface area contributed by atoms with Crippen LogP contribution in [0.1, 0.15) is 39.5 Å². The number of carbonyl (C=O) groups is 1. The normalized spacial score (nSPS) is 39.1. The number of nitrogens with zero attached hydrogens (tertiary/aromatic N) is 1. The van der Waals surface area contributed by atoms with Gasteiger partial charge in [-0.15, -0.1) is 0 Å². The molecule has 2 aliphatic rings. The van der Waals surface area contributed by atoms with Gasteiger partial charge in [-0.05, 0) is 45.1 Å². The van der Waals surface area contributed by atoms with Crippen LogP contribution in [0.5, 0.6) is 0 Å². The molecule has 1 amide bonds. The molecule has 17 heavy (non-hydrogen) atoms. The molecule has 2 rings (SSSR count). The number of hydrogen-bond acceptors (Lipinski definition) is 3. The molecular formula is C13H24N2O2. The minimum Gasteiger partial charge on any atom is -0.388 e. The van der Waals surface area contributed by atoms with E-state index in [-0.39, 0.29) is 11.9 Å². The van der Waals surface area contributed by atoms with Gasteiger partial charge in [0, 0.05) is 13.1 Å². The lowest BCUT2D eigenvalue weighted by atomic mass is 9.89. The van der Waals surface area contributed by atoms with Crippen molar-refractivity contribution < 1.29 is 9.90 Å². The molecule has 0 aromatic carbocycles. The van der Waals surface area contributed by atoms with Crippen molar-refractivity contribution in [3.05, 3.63) is 0 Å². The summed E-state index contributed by atoms with van der Waals surface area (Å²) in [6, 6.07) is -0.0438. The molecule has 0 aromatic heterocycles. The average molecular weight is 240 g/mol. The molecule has 3 atom stereocenters. The Hall–Kier alpha value is -0.610. The quantitative estimate of drug-likeness (QED) is 0.711. The maximum Gasteiger partial charge on any atom is 0.240 e. The van der Waals surface area contributed by atoms with Gasteiger partial charge >= 0.3 is 0 Å². The fourth-order valence-electron chi connectivity index (χ4n) is 2.99. The lowest BCUT2D eigenvalue weighted by molar-refractivity contribution is -0.141. The highest BCUT2D eigenvalue weighted by molar-refractivity contribution is 5.82. The number of hydrogen-bond donors (Lipinski definition) is 2. The first kappa shape index (κ1) is 12.8. The van der Waals surface area contributed by atoms with Gasteiger partial charge in [0.2, 0.25) is 5.91 Å². The van der Waals surface area contributed by atoms with E-state index in [9.17, 15) is 9.90 Å². The van der Waals surface area contributed by atoms with Gasteiger partial charge < -0.3 is 15.3 Å². The number of piperidine rings is 2. The van der Waals surface area contributed by atoms with Crippen molar-refractivity contribution in [3.63, 3.8) is 0 Å². The summed E-state index contributed by atoms with van der Waals surface area (Å²) in [4.78, 5) is 14.2. The minimum atomic E-state index is -0.703. The van der Waals surface area contributed by atoms with Crippen LogP contribution in [0.3, 0.4) is 0 Å². The maximum atomic E-state index is 12.4. The summed E-state index contributed by atoms with van der Waals surface area (Å²) in [5.41, 5.74) is -0.703. The van der Waals surface area contributed by atoms with Crippen LogP contribution in [0.15, 0.2) is 0 Å². The Labute approximate surface area is 103 Å². The molecule has 0 aromatic rings. The first-order chi connectivity index (χ1) is 7.99. The van der Waals surface area contributed by atoms with E-state index >= 15 is 0 Å². The Bertz CT molecular complexity index is 291. The first-order valence-corrected chi connectivity index (χ1v) is 6.74. The van der Waals surface area contributed by atoms with Crippen molar-refractivity contribution in [1.29, 1.82) is 0 Å². The van der Waals surface area contributed by atoms with Gasteiger partial charge in [-0.25, -0.2) is 0 Å². The van der Waals surface area contributed by atoms with Gasteiger partial charge in [-0.1, -0.05) is 6.92 Å². The molecule has 0 saturated carbocycles. The third-order valence-corrected chi connectivity index (χ3v) is 4.02. The molecule has 2 aliphatic heterocycles. The van der Waals surface area contributed by atoms with Crippen LogP contribution in [-0.2, 0) is 4.79 Å². The second-order valence-corrected chi connectivity index (χ2v) is 5.91. The Morgan fingerprint density at radius 3 is 2.88 bits per heavy atom. The monoisotopic (exact) mass is 240 g/mol. The van der Waals surface area contributed by atoms with E-state index in [1.807, 2.05) is 11.8 Å².